The van der Waals surface area contributed by atoms with E-state index in [1.54, 1.807) is 0 Å². The van der Waals surface area contributed by atoms with E-state index in [1.807, 2.05) is 43.3 Å². The average molecular weight is 290 g/mol. The van der Waals surface area contributed by atoms with Crippen LogP contribution >= 0.6 is 0 Å². The smallest absolute Gasteiger partial charge is 0.372 e. The van der Waals surface area contributed by atoms with Crippen molar-refractivity contribution in [2.45, 2.75) is 13.8 Å². The summed E-state index contributed by atoms with van der Waals surface area (Å²) >= 11 is 0. The van der Waals surface area contributed by atoms with E-state index in [0.717, 1.165) is 33.4 Å². The molecule has 2 aromatic carbocycles. The summed E-state index contributed by atoms with van der Waals surface area (Å²) in [5.41, 5.74) is 4.58. The number of nitrogens with one attached hydrogen (secondary N) is 1. The molecule has 0 aliphatic rings. The molecule has 0 atom stereocenters. The summed E-state index contributed by atoms with van der Waals surface area (Å²) in [6.07, 6.45) is 0. The van der Waals surface area contributed by atoms with Crippen molar-refractivity contribution in [3.05, 3.63) is 71.5 Å². The maximum absolute atomic E-state index is 5.95. The first-order valence-corrected chi connectivity index (χ1v) is 7.29. The first-order valence-electron chi connectivity index (χ1n) is 7.29. The van der Waals surface area contributed by atoms with E-state index in [4.69, 9.17) is 8.83 Å². The van der Waals surface area contributed by atoms with Gasteiger partial charge in [-0.3, -0.25) is 0 Å². The summed E-state index contributed by atoms with van der Waals surface area (Å²) < 4.78 is 11.8. The van der Waals surface area contributed by atoms with Crippen LogP contribution in [0.5, 0.6) is 0 Å². The van der Waals surface area contributed by atoms with E-state index < -0.39 is 0 Å². The monoisotopic (exact) mass is 290 g/mol. The van der Waals surface area contributed by atoms with Crippen LogP contribution in [0.25, 0.3) is 21.9 Å². The normalized spacial score (nSPS) is 12.4. The zero-order valence-corrected chi connectivity index (χ0v) is 12.5. The summed E-state index contributed by atoms with van der Waals surface area (Å²) in [6.45, 7) is 3.99. The molecule has 0 aliphatic heterocycles. The van der Waals surface area contributed by atoms with Gasteiger partial charge in [0.05, 0.1) is 6.07 Å². The van der Waals surface area contributed by atoms with Crippen molar-refractivity contribution in [3.8, 4) is 0 Å². The number of furan rings is 1. The van der Waals surface area contributed by atoms with Crippen LogP contribution in [-0.4, -0.2) is 0 Å². The van der Waals surface area contributed by atoms with Gasteiger partial charge in [0.25, 0.3) is 0 Å². The van der Waals surface area contributed by atoms with Crippen molar-refractivity contribution in [3.63, 3.8) is 0 Å². The quantitative estimate of drug-likeness (QED) is 0.585. The lowest BCUT2D eigenvalue weighted by atomic mass is 10.1. The molecule has 4 aromatic rings. The largest absolute Gasteiger partial charge is 0.452 e. The summed E-state index contributed by atoms with van der Waals surface area (Å²) in [5, 5.41) is 2.17. The highest BCUT2D eigenvalue weighted by molar-refractivity contribution is 6.05. The van der Waals surface area contributed by atoms with E-state index in [-0.39, 0.29) is 0 Å². The van der Waals surface area contributed by atoms with Gasteiger partial charge < -0.3 is 8.83 Å². The van der Waals surface area contributed by atoms with Crippen LogP contribution < -0.4 is 10.5 Å². The highest BCUT2D eigenvalue weighted by Gasteiger charge is 2.12. The molecule has 2 aromatic heterocycles. The average Bonchev–Trinajstić information content (AvgIpc) is 2.86. The number of rotatable bonds is 1. The molecule has 0 spiro atoms. The van der Waals surface area contributed by atoms with Gasteiger partial charge in [-0.2, -0.15) is 4.99 Å². The molecule has 0 bridgehead atoms. The second kappa shape index (κ2) is 4.88. The van der Waals surface area contributed by atoms with Crippen LogP contribution in [0.3, 0.4) is 0 Å². The molecule has 0 saturated heterocycles. The molecule has 0 saturated carbocycles. The van der Waals surface area contributed by atoms with Crippen LogP contribution in [-0.2, 0) is 0 Å². The van der Waals surface area contributed by atoms with E-state index in [1.165, 1.54) is 5.56 Å². The Balaban J connectivity index is 2.03. The Bertz CT molecular complexity index is 1040. The molecule has 2 heterocycles. The molecular weight excluding hydrogens is 274 g/mol. The third-order valence-corrected chi connectivity index (χ3v) is 3.78. The molecular formula is C19H16NO2+. The summed E-state index contributed by atoms with van der Waals surface area (Å²) in [7, 11) is 0. The minimum absolute atomic E-state index is 0.708. The van der Waals surface area contributed by atoms with Crippen LogP contribution in [0.4, 0.5) is 5.69 Å². The van der Waals surface area contributed by atoms with Crippen molar-refractivity contribution in [2.75, 3.05) is 0 Å². The van der Waals surface area contributed by atoms with Crippen LogP contribution in [0.15, 0.2) is 63.4 Å². The van der Waals surface area contributed by atoms with E-state index in [2.05, 4.69) is 30.1 Å². The first kappa shape index (κ1) is 12.9. The van der Waals surface area contributed by atoms with Crippen LogP contribution in [0.2, 0.25) is 0 Å². The summed E-state index contributed by atoms with van der Waals surface area (Å²) in [5.74, 6) is 0.768. The molecule has 3 heteroatoms. The van der Waals surface area contributed by atoms with Gasteiger partial charge in [-0.15, -0.1) is 0 Å². The lowest BCUT2D eigenvalue weighted by Gasteiger charge is -1.92. The van der Waals surface area contributed by atoms with Crippen LogP contribution in [0, 0.1) is 13.8 Å². The first-order chi connectivity index (χ1) is 10.7. The minimum Gasteiger partial charge on any atom is -0.452 e. The van der Waals surface area contributed by atoms with Gasteiger partial charge in [0.15, 0.2) is 11.3 Å². The minimum atomic E-state index is 0.708. The molecule has 0 radical (unpaired) electrons. The second-order valence-corrected chi connectivity index (χ2v) is 5.50. The van der Waals surface area contributed by atoms with Crippen molar-refractivity contribution in [1.29, 1.82) is 0 Å². The Morgan fingerprint density at radius 2 is 1.64 bits per heavy atom. The topological polar surface area (TPSA) is 40.2 Å². The summed E-state index contributed by atoms with van der Waals surface area (Å²) in [6, 6.07) is 18.2. The Morgan fingerprint density at radius 1 is 0.818 bits per heavy atom. The molecule has 0 fully saturated rings. The van der Waals surface area contributed by atoms with Gasteiger partial charge in [0.1, 0.15) is 5.58 Å². The fraction of sp³-hybridized carbons (Fsp3) is 0.105. The Kier molecular flexibility index (Phi) is 2.86. The maximum Gasteiger partial charge on any atom is 0.372 e. The SMILES string of the molecule is Cc1ccc2c(c1)oc1c(C)oc(=[NH+]c3ccccc3)cc12. The maximum atomic E-state index is 5.95. The zero-order valence-electron chi connectivity index (χ0n) is 12.5. The van der Waals surface area contributed by atoms with Crippen molar-refractivity contribution in [2.24, 2.45) is 0 Å². The van der Waals surface area contributed by atoms with Crippen molar-refractivity contribution in [1.82, 2.24) is 0 Å². The summed E-state index contributed by atoms with van der Waals surface area (Å²) in [4.78, 5) is 3.29. The zero-order chi connectivity index (χ0) is 15.1. The van der Waals surface area contributed by atoms with Gasteiger partial charge in [0, 0.05) is 22.9 Å². The Labute approximate surface area is 127 Å². The van der Waals surface area contributed by atoms with Gasteiger partial charge in [-0.05, 0) is 25.5 Å². The highest BCUT2D eigenvalue weighted by Crippen LogP contribution is 2.29. The van der Waals surface area contributed by atoms with Crippen molar-refractivity contribution < 1.29 is 13.8 Å². The molecule has 3 nitrogen and oxygen atoms in total. The number of aryl methyl sites for hydroxylation is 2. The predicted octanol–water partition coefficient (Wildman–Crippen LogP) is 3.11. The molecule has 0 amide bonds. The molecule has 1 N–H and O–H groups in total. The number of hydrogen-bond acceptors (Lipinski definition) is 2. The van der Waals surface area contributed by atoms with Crippen molar-refractivity contribution >= 4 is 27.6 Å². The van der Waals surface area contributed by atoms with Gasteiger partial charge in [0.2, 0.25) is 5.69 Å². The Hall–Kier alpha value is -2.81. The number of para-hydroxylation sites is 1. The van der Waals surface area contributed by atoms with Gasteiger partial charge in [-0.1, -0.05) is 30.3 Å². The predicted molar refractivity (Wildman–Crippen MR) is 85.7 cm³/mol. The fourth-order valence-electron chi connectivity index (χ4n) is 2.73. The third-order valence-electron chi connectivity index (χ3n) is 3.78. The van der Waals surface area contributed by atoms with Gasteiger partial charge >= 0.3 is 5.55 Å². The van der Waals surface area contributed by atoms with Crippen LogP contribution in [0.1, 0.15) is 11.3 Å². The van der Waals surface area contributed by atoms with Gasteiger partial charge in [-0.25, -0.2) is 0 Å². The number of benzene rings is 2. The highest BCUT2D eigenvalue weighted by atomic mass is 16.4. The lowest BCUT2D eigenvalue weighted by Crippen LogP contribution is -2.70. The standard InChI is InChI=1S/C19H15NO2/c1-12-8-9-15-16-11-18(20-14-6-4-3-5-7-14)21-13(2)19(16)22-17(15)10-12/h3-11H,1-2H3/p+1. The molecule has 22 heavy (non-hydrogen) atoms. The number of fused-ring (bicyclic) bond motifs is 3. The molecule has 0 aliphatic carbocycles. The molecule has 4 rings (SSSR count). The third kappa shape index (κ3) is 2.11. The molecule has 0 unspecified atom stereocenters. The second-order valence-electron chi connectivity index (χ2n) is 5.50. The molecule has 108 valence electrons. The van der Waals surface area contributed by atoms with E-state index >= 15 is 0 Å². The lowest BCUT2D eigenvalue weighted by molar-refractivity contribution is -0.418. The van der Waals surface area contributed by atoms with E-state index in [9.17, 15) is 0 Å². The van der Waals surface area contributed by atoms with E-state index in [0.29, 0.717) is 5.55 Å². The number of hydrogen-bond donors (Lipinski definition) is 1. The Morgan fingerprint density at radius 3 is 2.45 bits per heavy atom. The fourth-order valence-corrected chi connectivity index (χ4v) is 2.73.